The minimum absolute atomic E-state index is 0.0748. The number of rotatable bonds is 7. The molecule has 0 saturated carbocycles. The van der Waals surface area contributed by atoms with Gasteiger partial charge in [-0.25, -0.2) is 8.42 Å². The van der Waals surface area contributed by atoms with Gasteiger partial charge in [-0.1, -0.05) is 0 Å². The van der Waals surface area contributed by atoms with Gasteiger partial charge in [0.15, 0.2) is 11.5 Å². The summed E-state index contributed by atoms with van der Waals surface area (Å²) < 4.78 is 38.4. The third-order valence-electron chi connectivity index (χ3n) is 6.32. The van der Waals surface area contributed by atoms with Crippen molar-refractivity contribution in [3.05, 3.63) is 42.5 Å². The summed E-state index contributed by atoms with van der Waals surface area (Å²) in [4.78, 5) is 15.5. The van der Waals surface area contributed by atoms with Gasteiger partial charge in [-0.3, -0.25) is 4.79 Å². The van der Waals surface area contributed by atoms with E-state index in [9.17, 15) is 13.2 Å². The summed E-state index contributed by atoms with van der Waals surface area (Å²) in [6, 6.07) is 11.5. The second-order valence-corrected chi connectivity index (χ2v) is 10.3. The zero-order chi connectivity index (χ0) is 23.4. The fraction of sp³-hybridized carbons (Fsp3) is 0.458. The van der Waals surface area contributed by atoms with E-state index < -0.39 is 16.1 Å². The molecule has 1 atom stereocenters. The molecule has 2 aliphatic rings. The lowest BCUT2D eigenvalue weighted by Crippen LogP contribution is -2.43. The number of nitrogens with zero attached hydrogens (tertiary/aromatic N) is 2. The highest BCUT2D eigenvalue weighted by Gasteiger charge is 2.39. The van der Waals surface area contributed by atoms with Crippen molar-refractivity contribution >= 4 is 27.3 Å². The molecule has 2 aliphatic heterocycles. The molecule has 4 rings (SSSR count). The molecule has 33 heavy (non-hydrogen) atoms. The number of carbonyl (C=O) groups is 1. The molecule has 2 aromatic rings. The summed E-state index contributed by atoms with van der Waals surface area (Å²) in [5.41, 5.74) is 1.81. The van der Waals surface area contributed by atoms with Crippen LogP contribution in [0.3, 0.4) is 0 Å². The predicted molar refractivity (Wildman–Crippen MR) is 128 cm³/mol. The van der Waals surface area contributed by atoms with Crippen LogP contribution in [-0.4, -0.2) is 58.5 Å². The number of hydrogen-bond acceptors (Lipinski definition) is 6. The van der Waals surface area contributed by atoms with E-state index in [2.05, 4.69) is 10.2 Å². The van der Waals surface area contributed by atoms with Crippen LogP contribution >= 0.6 is 0 Å². The number of piperidine rings is 1. The Labute approximate surface area is 195 Å². The predicted octanol–water partition coefficient (Wildman–Crippen LogP) is 3.49. The number of methoxy groups -OCH3 is 2. The SMILES string of the molecule is COc1ccc(S(=O)(=O)N2CCCC2C(=O)Nc2ccc(N3CCCCC3)cc2)cc1OC. The lowest BCUT2D eigenvalue weighted by Gasteiger charge is -2.29. The third kappa shape index (κ3) is 4.94. The van der Waals surface area contributed by atoms with Gasteiger partial charge in [-0.2, -0.15) is 4.31 Å². The Morgan fingerprint density at radius 2 is 1.61 bits per heavy atom. The summed E-state index contributed by atoms with van der Waals surface area (Å²) >= 11 is 0. The van der Waals surface area contributed by atoms with E-state index >= 15 is 0 Å². The van der Waals surface area contributed by atoms with Crippen LogP contribution in [0, 0.1) is 0 Å². The Bertz CT molecular complexity index is 1080. The number of nitrogens with one attached hydrogen (secondary N) is 1. The van der Waals surface area contributed by atoms with Gasteiger partial charge in [0.25, 0.3) is 0 Å². The number of hydrogen-bond donors (Lipinski definition) is 1. The van der Waals surface area contributed by atoms with E-state index in [1.807, 2.05) is 24.3 Å². The Balaban J connectivity index is 1.48. The van der Waals surface area contributed by atoms with Crippen LogP contribution in [0.2, 0.25) is 0 Å². The monoisotopic (exact) mass is 473 g/mol. The number of carbonyl (C=O) groups excluding carboxylic acids is 1. The first kappa shape index (κ1) is 23.4. The summed E-state index contributed by atoms with van der Waals surface area (Å²) in [6.07, 6.45) is 4.77. The molecule has 9 heteroatoms. The van der Waals surface area contributed by atoms with Gasteiger partial charge < -0.3 is 19.7 Å². The van der Waals surface area contributed by atoms with Crippen LogP contribution in [-0.2, 0) is 14.8 Å². The Morgan fingerprint density at radius 3 is 2.27 bits per heavy atom. The number of amides is 1. The molecule has 8 nitrogen and oxygen atoms in total. The van der Waals surface area contributed by atoms with Gasteiger partial charge >= 0.3 is 0 Å². The van der Waals surface area contributed by atoms with Crippen molar-refractivity contribution in [2.75, 3.05) is 44.1 Å². The van der Waals surface area contributed by atoms with Crippen molar-refractivity contribution in [3.63, 3.8) is 0 Å². The number of ether oxygens (including phenoxy) is 2. The Kier molecular flexibility index (Phi) is 7.09. The van der Waals surface area contributed by atoms with Crippen LogP contribution in [0.5, 0.6) is 11.5 Å². The lowest BCUT2D eigenvalue weighted by atomic mass is 10.1. The highest BCUT2D eigenvalue weighted by atomic mass is 32.2. The fourth-order valence-electron chi connectivity index (χ4n) is 4.54. The molecule has 178 valence electrons. The molecule has 1 unspecified atom stereocenters. The van der Waals surface area contributed by atoms with Crippen molar-refractivity contribution in [2.24, 2.45) is 0 Å². The second kappa shape index (κ2) is 10.0. The van der Waals surface area contributed by atoms with Gasteiger partial charge in [0.1, 0.15) is 6.04 Å². The molecule has 2 fully saturated rings. The maximum absolute atomic E-state index is 13.3. The molecule has 1 amide bonds. The Morgan fingerprint density at radius 1 is 0.909 bits per heavy atom. The Hall–Kier alpha value is -2.78. The number of anilines is 2. The quantitative estimate of drug-likeness (QED) is 0.662. The van der Waals surface area contributed by atoms with Gasteiger partial charge in [-0.05, 0) is 68.5 Å². The standard InChI is InChI=1S/C24H31N3O5S/c1-31-22-13-12-20(17-23(22)32-2)33(29,30)27-16-6-7-21(27)24(28)25-18-8-10-19(11-9-18)26-14-4-3-5-15-26/h8-13,17,21H,3-7,14-16H2,1-2H3,(H,25,28). The van der Waals surface area contributed by atoms with Crippen LogP contribution in [0.15, 0.2) is 47.4 Å². The van der Waals surface area contributed by atoms with Crippen molar-refractivity contribution in [2.45, 2.75) is 43.0 Å². The number of benzene rings is 2. The maximum atomic E-state index is 13.3. The van der Waals surface area contributed by atoms with E-state index in [0.29, 0.717) is 36.6 Å². The zero-order valence-electron chi connectivity index (χ0n) is 19.1. The first-order valence-electron chi connectivity index (χ1n) is 11.3. The summed E-state index contributed by atoms with van der Waals surface area (Å²) in [7, 11) is -0.926. The normalized spacial score (nSPS) is 19.3. The minimum Gasteiger partial charge on any atom is -0.493 e. The van der Waals surface area contributed by atoms with Crippen molar-refractivity contribution in [1.82, 2.24) is 4.31 Å². The van der Waals surface area contributed by atoms with Crippen LogP contribution < -0.4 is 19.7 Å². The molecule has 0 aliphatic carbocycles. The van der Waals surface area contributed by atoms with E-state index in [4.69, 9.17) is 9.47 Å². The summed E-state index contributed by atoms with van der Waals surface area (Å²) in [5.74, 6) is 0.454. The van der Waals surface area contributed by atoms with Crippen molar-refractivity contribution in [3.8, 4) is 11.5 Å². The van der Waals surface area contributed by atoms with Crippen LogP contribution in [0.1, 0.15) is 32.1 Å². The smallest absolute Gasteiger partial charge is 0.243 e. The van der Waals surface area contributed by atoms with Crippen LogP contribution in [0.4, 0.5) is 11.4 Å². The molecule has 2 aromatic carbocycles. The average Bonchev–Trinajstić information content (AvgIpc) is 3.36. The van der Waals surface area contributed by atoms with E-state index in [1.165, 1.54) is 49.9 Å². The summed E-state index contributed by atoms with van der Waals surface area (Å²) in [5, 5.41) is 2.90. The van der Waals surface area contributed by atoms with Gasteiger partial charge in [0.05, 0.1) is 19.1 Å². The molecule has 2 heterocycles. The largest absolute Gasteiger partial charge is 0.493 e. The van der Waals surface area contributed by atoms with Crippen molar-refractivity contribution in [1.29, 1.82) is 0 Å². The van der Waals surface area contributed by atoms with Gasteiger partial charge in [0, 0.05) is 37.1 Å². The molecule has 0 bridgehead atoms. The topological polar surface area (TPSA) is 88.2 Å². The van der Waals surface area contributed by atoms with E-state index in [0.717, 1.165) is 18.8 Å². The first-order chi connectivity index (χ1) is 15.9. The highest BCUT2D eigenvalue weighted by molar-refractivity contribution is 7.89. The third-order valence-corrected chi connectivity index (χ3v) is 8.23. The average molecular weight is 474 g/mol. The summed E-state index contributed by atoms with van der Waals surface area (Å²) in [6.45, 7) is 2.40. The molecule has 0 radical (unpaired) electrons. The van der Waals surface area contributed by atoms with Gasteiger partial charge in [-0.15, -0.1) is 0 Å². The minimum atomic E-state index is -3.87. The van der Waals surface area contributed by atoms with Crippen molar-refractivity contribution < 1.29 is 22.7 Å². The first-order valence-corrected chi connectivity index (χ1v) is 12.8. The zero-order valence-corrected chi connectivity index (χ0v) is 19.9. The molecular weight excluding hydrogens is 442 g/mol. The second-order valence-electron chi connectivity index (χ2n) is 8.37. The molecule has 2 saturated heterocycles. The number of sulfonamides is 1. The van der Waals surface area contributed by atoms with E-state index in [-0.39, 0.29) is 10.8 Å². The molecule has 0 spiro atoms. The molecule has 0 aromatic heterocycles. The van der Waals surface area contributed by atoms with Crippen LogP contribution in [0.25, 0.3) is 0 Å². The molecule has 1 N–H and O–H groups in total. The molecular formula is C24H31N3O5S. The maximum Gasteiger partial charge on any atom is 0.243 e. The van der Waals surface area contributed by atoms with E-state index in [1.54, 1.807) is 6.07 Å². The highest BCUT2D eigenvalue weighted by Crippen LogP contribution is 2.33. The lowest BCUT2D eigenvalue weighted by molar-refractivity contribution is -0.119. The van der Waals surface area contributed by atoms with Gasteiger partial charge in [0.2, 0.25) is 15.9 Å². The fourth-order valence-corrected chi connectivity index (χ4v) is 6.21.